The first kappa shape index (κ1) is 12.9. The highest BCUT2D eigenvalue weighted by molar-refractivity contribution is 6.31. The van der Waals surface area contributed by atoms with E-state index in [9.17, 15) is 4.79 Å². The number of benzene rings is 1. The summed E-state index contributed by atoms with van der Waals surface area (Å²) in [5.74, 6) is 0. The second-order valence-corrected chi connectivity index (χ2v) is 5.20. The highest BCUT2D eigenvalue weighted by atomic mass is 35.5. The number of pyridine rings is 1. The number of amides is 2. The van der Waals surface area contributed by atoms with E-state index in [0.29, 0.717) is 11.6 Å². The van der Waals surface area contributed by atoms with Gasteiger partial charge in [-0.25, -0.2) is 4.79 Å². The van der Waals surface area contributed by atoms with Gasteiger partial charge in [0, 0.05) is 29.6 Å². The molecule has 0 radical (unpaired) electrons. The van der Waals surface area contributed by atoms with Crippen LogP contribution in [-0.2, 0) is 6.42 Å². The number of anilines is 2. The lowest BCUT2D eigenvalue weighted by Gasteiger charge is -2.18. The fourth-order valence-electron chi connectivity index (χ4n) is 2.37. The molecular formula is C15H14ClN3O. The van der Waals surface area contributed by atoms with E-state index in [1.54, 1.807) is 29.4 Å². The lowest BCUT2D eigenvalue weighted by atomic mass is 10.1. The van der Waals surface area contributed by atoms with Gasteiger partial charge in [-0.2, -0.15) is 0 Å². The molecule has 3 rings (SSSR count). The molecule has 2 aromatic rings. The van der Waals surface area contributed by atoms with Crippen LogP contribution >= 0.6 is 11.6 Å². The van der Waals surface area contributed by atoms with Crippen molar-refractivity contribution >= 4 is 29.0 Å². The maximum Gasteiger partial charge on any atom is 0.326 e. The fourth-order valence-corrected chi connectivity index (χ4v) is 2.53. The van der Waals surface area contributed by atoms with Crippen LogP contribution in [0, 0.1) is 6.92 Å². The van der Waals surface area contributed by atoms with Gasteiger partial charge in [-0.3, -0.25) is 9.88 Å². The van der Waals surface area contributed by atoms with E-state index in [-0.39, 0.29) is 6.03 Å². The summed E-state index contributed by atoms with van der Waals surface area (Å²) in [6, 6.07) is 7.30. The summed E-state index contributed by atoms with van der Waals surface area (Å²) in [5, 5.41) is 3.55. The smallest absolute Gasteiger partial charge is 0.307 e. The van der Waals surface area contributed by atoms with Crippen molar-refractivity contribution < 1.29 is 4.79 Å². The summed E-state index contributed by atoms with van der Waals surface area (Å²) in [6.07, 6.45) is 4.15. The normalized spacial score (nSPS) is 13.2. The third-order valence-corrected chi connectivity index (χ3v) is 3.84. The summed E-state index contributed by atoms with van der Waals surface area (Å²) in [4.78, 5) is 18.0. The van der Waals surface area contributed by atoms with Crippen molar-refractivity contribution in [1.82, 2.24) is 4.98 Å². The number of hydrogen-bond acceptors (Lipinski definition) is 2. The molecule has 1 aromatic carbocycles. The average Bonchev–Trinajstić information content (AvgIpc) is 2.83. The van der Waals surface area contributed by atoms with E-state index < -0.39 is 0 Å². The molecule has 1 aliphatic heterocycles. The Morgan fingerprint density at radius 2 is 2.10 bits per heavy atom. The fraction of sp³-hybridized carbons (Fsp3) is 0.200. The largest absolute Gasteiger partial charge is 0.326 e. The van der Waals surface area contributed by atoms with Gasteiger partial charge in [-0.1, -0.05) is 17.7 Å². The number of hydrogen-bond donors (Lipinski definition) is 1. The van der Waals surface area contributed by atoms with Crippen LogP contribution in [0.2, 0.25) is 5.02 Å². The van der Waals surface area contributed by atoms with Crippen LogP contribution < -0.4 is 10.2 Å². The molecule has 1 aromatic heterocycles. The number of fused-ring (bicyclic) bond motifs is 1. The molecule has 5 heteroatoms. The lowest BCUT2D eigenvalue weighted by molar-refractivity contribution is 0.257. The number of nitrogens with zero attached hydrogens (tertiary/aromatic N) is 2. The average molecular weight is 288 g/mol. The summed E-state index contributed by atoms with van der Waals surface area (Å²) in [7, 11) is 0. The van der Waals surface area contributed by atoms with Gasteiger partial charge < -0.3 is 5.32 Å². The van der Waals surface area contributed by atoms with E-state index >= 15 is 0 Å². The molecule has 0 aliphatic carbocycles. The second kappa shape index (κ2) is 5.13. The van der Waals surface area contributed by atoms with Crippen LogP contribution in [0.4, 0.5) is 16.2 Å². The van der Waals surface area contributed by atoms with Crippen molar-refractivity contribution in [2.45, 2.75) is 13.3 Å². The zero-order valence-electron chi connectivity index (χ0n) is 11.1. The quantitative estimate of drug-likeness (QED) is 0.870. The number of urea groups is 1. The number of halogens is 1. The first-order valence-corrected chi connectivity index (χ1v) is 6.80. The van der Waals surface area contributed by atoms with Crippen LogP contribution in [0.3, 0.4) is 0 Å². The summed E-state index contributed by atoms with van der Waals surface area (Å²) >= 11 is 6.16. The third kappa shape index (κ3) is 2.34. The molecule has 4 nitrogen and oxygen atoms in total. The highest BCUT2D eigenvalue weighted by Crippen LogP contribution is 2.33. The van der Waals surface area contributed by atoms with Crippen LogP contribution in [0.5, 0.6) is 0 Å². The maximum atomic E-state index is 12.3. The molecule has 1 aliphatic rings. The van der Waals surface area contributed by atoms with E-state index in [4.69, 9.17) is 11.6 Å². The molecule has 1 N–H and O–H groups in total. The minimum Gasteiger partial charge on any atom is -0.307 e. The minimum atomic E-state index is -0.144. The maximum absolute atomic E-state index is 12.3. The van der Waals surface area contributed by atoms with E-state index in [0.717, 1.165) is 28.9 Å². The number of nitrogens with one attached hydrogen (secondary N) is 1. The monoisotopic (exact) mass is 287 g/mol. The summed E-state index contributed by atoms with van der Waals surface area (Å²) in [5.41, 5.74) is 3.84. The van der Waals surface area contributed by atoms with Crippen molar-refractivity contribution in [3.8, 4) is 0 Å². The second-order valence-electron chi connectivity index (χ2n) is 4.80. The molecule has 0 bridgehead atoms. The molecule has 0 saturated carbocycles. The molecule has 20 heavy (non-hydrogen) atoms. The van der Waals surface area contributed by atoms with Gasteiger partial charge in [0.05, 0.1) is 5.69 Å². The SMILES string of the molecule is Cc1cc2c(cc1Cl)N(C(=O)Nc1ccncc1)CC2. The van der Waals surface area contributed by atoms with Crippen molar-refractivity contribution in [2.75, 3.05) is 16.8 Å². The number of aromatic nitrogens is 1. The lowest BCUT2D eigenvalue weighted by Crippen LogP contribution is -2.33. The van der Waals surface area contributed by atoms with E-state index in [2.05, 4.69) is 16.4 Å². The zero-order chi connectivity index (χ0) is 14.1. The molecule has 102 valence electrons. The van der Waals surface area contributed by atoms with Crippen LogP contribution in [0.15, 0.2) is 36.7 Å². The van der Waals surface area contributed by atoms with Crippen molar-refractivity contribution in [2.24, 2.45) is 0 Å². The highest BCUT2D eigenvalue weighted by Gasteiger charge is 2.25. The number of aryl methyl sites for hydroxylation is 1. The Morgan fingerprint density at radius 3 is 2.85 bits per heavy atom. The topological polar surface area (TPSA) is 45.2 Å². The van der Waals surface area contributed by atoms with Gasteiger partial charge in [-0.05, 0) is 42.7 Å². The predicted octanol–water partition coefficient (Wildman–Crippen LogP) is 3.64. The van der Waals surface area contributed by atoms with E-state index in [1.165, 1.54) is 0 Å². The molecule has 2 heterocycles. The van der Waals surface area contributed by atoms with Crippen molar-refractivity contribution in [1.29, 1.82) is 0 Å². The van der Waals surface area contributed by atoms with Gasteiger partial charge in [0.2, 0.25) is 0 Å². The molecule has 0 spiro atoms. The summed E-state index contributed by atoms with van der Waals surface area (Å²) in [6.45, 7) is 2.65. The Hall–Kier alpha value is -2.07. The van der Waals surface area contributed by atoms with Crippen molar-refractivity contribution in [3.63, 3.8) is 0 Å². The molecular weight excluding hydrogens is 274 g/mol. The van der Waals surface area contributed by atoms with Crippen molar-refractivity contribution in [3.05, 3.63) is 52.8 Å². The van der Waals surface area contributed by atoms with Crippen LogP contribution in [0.1, 0.15) is 11.1 Å². The van der Waals surface area contributed by atoms with Gasteiger partial charge in [0.25, 0.3) is 0 Å². The van der Waals surface area contributed by atoms with E-state index in [1.807, 2.05) is 13.0 Å². The molecule has 0 fully saturated rings. The van der Waals surface area contributed by atoms with Gasteiger partial charge in [0.15, 0.2) is 0 Å². The van der Waals surface area contributed by atoms with Gasteiger partial charge in [0.1, 0.15) is 0 Å². The Bertz CT molecular complexity index is 658. The van der Waals surface area contributed by atoms with Gasteiger partial charge in [-0.15, -0.1) is 0 Å². The molecule has 2 amide bonds. The number of carbonyl (C=O) groups excluding carboxylic acids is 1. The minimum absolute atomic E-state index is 0.144. The third-order valence-electron chi connectivity index (χ3n) is 3.43. The Balaban J connectivity index is 1.84. The number of rotatable bonds is 1. The Morgan fingerprint density at radius 1 is 1.35 bits per heavy atom. The Labute approximate surface area is 122 Å². The molecule has 0 saturated heterocycles. The zero-order valence-corrected chi connectivity index (χ0v) is 11.8. The number of carbonyl (C=O) groups is 1. The first-order valence-electron chi connectivity index (χ1n) is 6.43. The van der Waals surface area contributed by atoms with Crippen LogP contribution in [0.25, 0.3) is 0 Å². The predicted molar refractivity (Wildman–Crippen MR) is 80.5 cm³/mol. The molecule has 0 unspecified atom stereocenters. The van der Waals surface area contributed by atoms with Gasteiger partial charge >= 0.3 is 6.03 Å². The summed E-state index contributed by atoms with van der Waals surface area (Å²) < 4.78 is 0. The standard InChI is InChI=1S/C15H14ClN3O/c1-10-8-11-4-7-19(14(11)9-13(10)16)15(20)18-12-2-5-17-6-3-12/h2-3,5-6,8-9H,4,7H2,1H3,(H,17,18,20). The van der Waals surface area contributed by atoms with Crippen LogP contribution in [-0.4, -0.2) is 17.6 Å². The molecule has 0 atom stereocenters. The Kier molecular flexibility index (Phi) is 3.32. The first-order chi connectivity index (χ1) is 9.65.